The standard InChI is InChI=1S/C23H23NO4S/c1-17(25)18-8-5-9-20(13-18)28-16-23(26)24(15-21-10-6-12-29-21)14-19-7-3-4-11-22(19)27-2/h3-13H,14-16H2,1-2H3. The molecule has 2 aromatic carbocycles. The van der Waals surface area contributed by atoms with Crippen molar-refractivity contribution >= 4 is 23.0 Å². The monoisotopic (exact) mass is 409 g/mol. The Morgan fingerprint density at radius 2 is 1.83 bits per heavy atom. The van der Waals surface area contributed by atoms with Crippen molar-refractivity contribution in [3.05, 3.63) is 82.0 Å². The predicted molar refractivity (Wildman–Crippen MR) is 114 cm³/mol. The Hall–Kier alpha value is -3.12. The maximum atomic E-state index is 13.0. The van der Waals surface area contributed by atoms with Gasteiger partial charge in [0.15, 0.2) is 12.4 Å². The number of carbonyl (C=O) groups is 2. The first kappa shape index (κ1) is 20.6. The molecule has 29 heavy (non-hydrogen) atoms. The van der Waals surface area contributed by atoms with Gasteiger partial charge in [0.25, 0.3) is 5.91 Å². The Kier molecular flexibility index (Phi) is 7.03. The van der Waals surface area contributed by atoms with Crippen molar-refractivity contribution in [1.29, 1.82) is 0 Å². The van der Waals surface area contributed by atoms with Gasteiger partial charge in [-0.25, -0.2) is 0 Å². The molecule has 1 amide bonds. The third-order valence-corrected chi connectivity index (χ3v) is 5.30. The number of ketones is 1. The van der Waals surface area contributed by atoms with E-state index in [9.17, 15) is 9.59 Å². The first-order chi connectivity index (χ1) is 14.1. The summed E-state index contributed by atoms with van der Waals surface area (Å²) in [7, 11) is 1.62. The number of hydrogen-bond donors (Lipinski definition) is 0. The Morgan fingerprint density at radius 3 is 2.55 bits per heavy atom. The van der Waals surface area contributed by atoms with Crippen molar-refractivity contribution in [1.82, 2.24) is 4.90 Å². The highest BCUT2D eigenvalue weighted by atomic mass is 32.1. The summed E-state index contributed by atoms with van der Waals surface area (Å²) in [6.07, 6.45) is 0. The lowest BCUT2D eigenvalue weighted by Crippen LogP contribution is -2.34. The van der Waals surface area contributed by atoms with E-state index in [4.69, 9.17) is 9.47 Å². The molecule has 150 valence electrons. The second kappa shape index (κ2) is 9.89. The van der Waals surface area contributed by atoms with Crippen molar-refractivity contribution in [3.63, 3.8) is 0 Å². The lowest BCUT2D eigenvalue weighted by molar-refractivity contribution is -0.134. The summed E-state index contributed by atoms with van der Waals surface area (Å²) in [6, 6.07) is 18.5. The molecule has 0 aliphatic heterocycles. The average Bonchev–Trinajstić information content (AvgIpc) is 3.25. The van der Waals surface area contributed by atoms with E-state index in [0.717, 1.165) is 16.2 Å². The first-order valence-electron chi connectivity index (χ1n) is 9.22. The van der Waals surface area contributed by atoms with Gasteiger partial charge in [0.2, 0.25) is 0 Å². The van der Waals surface area contributed by atoms with Gasteiger partial charge in [-0.2, -0.15) is 0 Å². The molecule has 0 fully saturated rings. The van der Waals surface area contributed by atoms with Crippen LogP contribution in [-0.2, 0) is 17.9 Å². The quantitative estimate of drug-likeness (QED) is 0.486. The van der Waals surface area contributed by atoms with Crippen LogP contribution in [0.3, 0.4) is 0 Å². The van der Waals surface area contributed by atoms with Gasteiger partial charge in [-0.15, -0.1) is 11.3 Å². The number of nitrogens with zero attached hydrogens (tertiary/aromatic N) is 1. The van der Waals surface area contributed by atoms with Crippen molar-refractivity contribution in [2.75, 3.05) is 13.7 Å². The van der Waals surface area contributed by atoms with E-state index in [1.807, 2.05) is 41.8 Å². The zero-order valence-corrected chi connectivity index (χ0v) is 17.3. The molecule has 0 bridgehead atoms. The minimum absolute atomic E-state index is 0.0442. The van der Waals surface area contributed by atoms with Gasteiger partial charge >= 0.3 is 0 Å². The molecule has 0 spiro atoms. The summed E-state index contributed by atoms with van der Waals surface area (Å²) in [5.74, 6) is 1.06. The summed E-state index contributed by atoms with van der Waals surface area (Å²) in [5.41, 5.74) is 1.48. The normalized spacial score (nSPS) is 10.4. The van der Waals surface area contributed by atoms with E-state index >= 15 is 0 Å². The number of rotatable bonds is 9. The second-order valence-corrected chi connectivity index (χ2v) is 7.55. The Labute approximate surface area is 174 Å². The molecule has 0 aliphatic rings. The minimum Gasteiger partial charge on any atom is -0.496 e. The van der Waals surface area contributed by atoms with E-state index in [1.54, 1.807) is 47.6 Å². The Bertz CT molecular complexity index is 969. The number of thiophene rings is 1. The van der Waals surface area contributed by atoms with Crippen LogP contribution in [-0.4, -0.2) is 30.3 Å². The minimum atomic E-state index is -0.141. The molecular weight excluding hydrogens is 386 g/mol. The zero-order valence-electron chi connectivity index (χ0n) is 16.5. The molecule has 0 aliphatic carbocycles. The number of Topliss-reactive ketones (excluding diaryl/α,β-unsaturated/α-hetero) is 1. The molecule has 0 atom stereocenters. The molecule has 3 rings (SSSR count). The number of para-hydroxylation sites is 1. The zero-order chi connectivity index (χ0) is 20.6. The van der Waals surface area contributed by atoms with Crippen LogP contribution in [0.15, 0.2) is 66.0 Å². The van der Waals surface area contributed by atoms with Gasteiger partial charge in [-0.1, -0.05) is 36.4 Å². The van der Waals surface area contributed by atoms with Gasteiger partial charge in [-0.05, 0) is 36.6 Å². The van der Waals surface area contributed by atoms with Crippen molar-refractivity contribution in [3.8, 4) is 11.5 Å². The van der Waals surface area contributed by atoms with Crippen LogP contribution in [0.1, 0.15) is 27.7 Å². The van der Waals surface area contributed by atoms with E-state index in [-0.39, 0.29) is 18.3 Å². The van der Waals surface area contributed by atoms with E-state index in [1.165, 1.54) is 6.92 Å². The van der Waals surface area contributed by atoms with E-state index in [2.05, 4.69) is 0 Å². The van der Waals surface area contributed by atoms with Crippen LogP contribution < -0.4 is 9.47 Å². The van der Waals surface area contributed by atoms with Gasteiger partial charge < -0.3 is 14.4 Å². The van der Waals surface area contributed by atoms with Gasteiger partial charge in [0, 0.05) is 22.5 Å². The molecule has 0 unspecified atom stereocenters. The molecule has 0 N–H and O–H groups in total. The summed E-state index contributed by atoms with van der Waals surface area (Å²) < 4.78 is 11.1. The number of methoxy groups -OCH3 is 1. The molecule has 3 aromatic rings. The lowest BCUT2D eigenvalue weighted by atomic mass is 10.1. The maximum Gasteiger partial charge on any atom is 0.261 e. The average molecular weight is 410 g/mol. The highest BCUT2D eigenvalue weighted by Gasteiger charge is 2.18. The molecule has 0 saturated heterocycles. The molecule has 0 radical (unpaired) electrons. The van der Waals surface area contributed by atoms with E-state index in [0.29, 0.717) is 24.4 Å². The van der Waals surface area contributed by atoms with Gasteiger partial charge in [0.1, 0.15) is 11.5 Å². The van der Waals surface area contributed by atoms with Crippen LogP contribution in [0, 0.1) is 0 Å². The van der Waals surface area contributed by atoms with Gasteiger partial charge in [0.05, 0.1) is 13.7 Å². The van der Waals surface area contributed by atoms with Crippen LogP contribution in [0.5, 0.6) is 11.5 Å². The number of ether oxygens (including phenoxy) is 2. The SMILES string of the molecule is COc1ccccc1CN(Cc1cccs1)C(=O)COc1cccc(C(C)=O)c1. The van der Waals surface area contributed by atoms with E-state index < -0.39 is 0 Å². The molecule has 5 nitrogen and oxygen atoms in total. The molecular formula is C23H23NO4S. The van der Waals surface area contributed by atoms with Crippen LogP contribution in [0.2, 0.25) is 0 Å². The fraction of sp³-hybridized carbons (Fsp3) is 0.217. The topological polar surface area (TPSA) is 55.8 Å². The first-order valence-corrected chi connectivity index (χ1v) is 10.1. The summed E-state index contributed by atoms with van der Waals surface area (Å²) in [4.78, 5) is 27.3. The highest BCUT2D eigenvalue weighted by Crippen LogP contribution is 2.22. The predicted octanol–water partition coefficient (Wildman–Crippen LogP) is 4.57. The molecule has 1 aromatic heterocycles. The summed E-state index contributed by atoms with van der Waals surface area (Å²) >= 11 is 1.61. The largest absolute Gasteiger partial charge is 0.496 e. The van der Waals surface area contributed by atoms with Crippen LogP contribution >= 0.6 is 11.3 Å². The fourth-order valence-corrected chi connectivity index (χ4v) is 3.62. The molecule has 6 heteroatoms. The lowest BCUT2D eigenvalue weighted by Gasteiger charge is -2.23. The van der Waals surface area contributed by atoms with Gasteiger partial charge in [-0.3, -0.25) is 9.59 Å². The van der Waals surface area contributed by atoms with Crippen molar-refractivity contribution < 1.29 is 19.1 Å². The number of amides is 1. The fourth-order valence-electron chi connectivity index (χ4n) is 2.90. The van der Waals surface area contributed by atoms with Crippen LogP contribution in [0.4, 0.5) is 0 Å². The summed E-state index contributed by atoms with van der Waals surface area (Å²) in [6.45, 7) is 2.30. The number of hydrogen-bond acceptors (Lipinski definition) is 5. The number of carbonyl (C=O) groups excluding carboxylic acids is 2. The maximum absolute atomic E-state index is 13.0. The third-order valence-electron chi connectivity index (χ3n) is 4.44. The second-order valence-electron chi connectivity index (χ2n) is 6.51. The highest BCUT2D eigenvalue weighted by molar-refractivity contribution is 7.09. The van der Waals surface area contributed by atoms with Crippen molar-refractivity contribution in [2.45, 2.75) is 20.0 Å². The number of benzene rings is 2. The smallest absolute Gasteiger partial charge is 0.261 e. The van der Waals surface area contributed by atoms with Crippen LogP contribution in [0.25, 0.3) is 0 Å². The Balaban J connectivity index is 1.73. The summed E-state index contributed by atoms with van der Waals surface area (Å²) in [5, 5.41) is 1.99. The third kappa shape index (κ3) is 5.68. The molecule has 1 heterocycles. The Morgan fingerprint density at radius 1 is 1.00 bits per heavy atom. The molecule has 0 saturated carbocycles. The van der Waals surface area contributed by atoms with Crippen molar-refractivity contribution in [2.24, 2.45) is 0 Å².